The lowest BCUT2D eigenvalue weighted by Gasteiger charge is -2.18. The quantitative estimate of drug-likeness (QED) is 0.218. The number of oxazole rings is 1. The molecule has 3 aromatic rings. The van der Waals surface area contributed by atoms with E-state index in [0.717, 1.165) is 21.4 Å². The zero-order valence-corrected chi connectivity index (χ0v) is 20.0. The van der Waals surface area contributed by atoms with Gasteiger partial charge < -0.3 is 34.0 Å². The monoisotopic (exact) mass is 545 g/mol. The molecule has 1 aromatic carbocycles. The van der Waals surface area contributed by atoms with Crippen molar-refractivity contribution in [2.45, 2.75) is 31.1 Å². The molecule has 5 unspecified atom stereocenters. The van der Waals surface area contributed by atoms with E-state index in [2.05, 4.69) is 13.8 Å². The molecule has 1 fully saturated rings. The van der Waals surface area contributed by atoms with E-state index < -0.39 is 58.8 Å². The second-order valence-corrected chi connectivity index (χ2v) is 9.93. The first kappa shape index (κ1) is 26.5. The van der Waals surface area contributed by atoms with Gasteiger partial charge in [0.05, 0.1) is 19.3 Å². The smallest absolute Gasteiger partial charge is 0.439 e. The Morgan fingerprint density at radius 2 is 1.83 bits per heavy atom. The van der Waals surface area contributed by atoms with E-state index in [9.17, 15) is 29.3 Å². The van der Waals surface area contributed by atoms with Gasteiger partial charge in [0.2, 0.25) is 5.89 Å². The lowest BCUT2D eigenvalue weighted by atomic mass is 10.1. The van der Waals surface area contributed by atoms with E-state index in [1.54, 1.807) is 24.3 Å². The van der Waals surface area contributed by atoms with Crippen molar-refractivity contribution < 1.29 is 47.4 Å². The molecule has 0 aliphatic carbocycles. The molecule has 0 bridgehead atoms. The van der Waals surface area contributed by atoms with Crippen LogP contribution in [-0.2, 0) is 24.7 Å². The maximum Gasteiger partial charge on any atom is 0.479 e. The first-order chi connectivity index (χ1) is 17.1. The molecule has 36 heavy (non-hydrogen) atoms. The Morgan fingerprint density at radius 3 is 2.53 bits per heavy atom. The van der Waals surface area contributed by atoms with Crippen LogP contribution in [-0.4, -0.2) is 63.9 Å². The molecule has 3 heterocycles. The van der Waals surface area contributed by atoms with Crippen LogP contribution in [0.1, 0.15) is 12.0 Å². The molecule has 0 saturated carbocycles. The van der Waals surface area contributed by atoms with E-state index in [1.165, 1.54) is 6.20 Å². The molecular weight excluding hydrogens is 524 g/mol. The highest BCUT2D eigenvalue weighted by Gasteiger charge is 2.45. The number of ether oxygens (including phenoxy) is 1. The van der Waals surface area contributed by atoms with Crippen LogP contribution in [0.25, 0.3) is 11.5 Å². The summed E-state index contributed by atoms with van der Waals surface area (Å²) in [6.07, 6.45) is -3.84. The van der Waals surface area contributed by atoms with E-state index in [0.29, 0.717) is 5.56 Å². The van der Waals surface area contributed by atoms with Crippen LogP contribution < -0.4 is 11.2 Å². The molecule has 0 spiro atoms. The number of hydrogen-bond acceptors (Lipinski definition) is 12. The van der Waals surface area contributed by atoms with E-state index >= 15 is 0 Å². The lowest BCUT2D eigenvalue weighted by molar-refractivity contribution is -0.0546. The second-order valence-electron chi connectivity index (χ2n) is 7.57. The molecular formula is C19H21N3O12P2. The summed E-state index contributed by atoms with van der Waals surface area (Å²) in [6.45, 7) is -1.09. The van der Waals surface area contributed by atoms with Crippen LogP contribution in [0.3, 0.4) is 0 Å². The Hall–Kier alpha value is -2.55. The summed E-state index contributed by atoms with van der Waals surface area (Å²) in [5.41, 5.74) is -0.885. The van der Waals surface area contributed by atoms with Gasteiger partial charge in [0, 0.05) is 17.8 Å². The maximum atomic E-state index is 13.1. The number of nitrogens with zero attached hydrogens (tertiary/aromatic N) is 3. The highest BCUT2D eigenvalue weighted by atomic mass is 31.3. The second kappa shape index (κ2) is 10.8. The van der Waals surface area contributed by atoms with Crippen molar-refractivity contribution in [2.24, 2.45) is 0 Å². The van der Waals surface area contributed by atoms with E-state index in [1.807, 2.05) is 6.07 Å². The summed E-state index contributed by atoms with van der Waals surface area (Å²) >= 11 is 0. The Morgan fingerprint density at radius 1 is 1.11 bits per heavy atom. The first-order valence-electron chi connectivity index (χ1n) is 10.2. The number of phosphoric acid groups is 1. The van der Waals surface area contributed by atoms with Crippen molar-refractivity contribution in [1.29, 1.82) is 0 Å². The van der Waals surface area contributed by atoms with Gasteiger partial charge in [-0.25, -0.2) is 18.7 Å². The summed E-state index contributed by atoms with van der Waals surface area (Å²) in [6, 6.07) is 10.0. The summed E-state index contributed by atoms with van der Waals surface area (Å²) in [5.74, 6) is 0.493. The number of aliphatic hydroxyl groups is 2. The van der Waals surface area contributed by atoms with Crippen molar-refractivity contribution in [3.63, 3.8) is 0 Å². The molecule has 15 nitrogen and oxygen atoms in total. The fourth-order valence-electron chi connectivity index (χ4n) is 3.50. The first-order valence-corrected chi connectivity index (χ1v) is 12.9. The third-order valence-electron chi connectivity index (χ3n) is 5.17. The van der Waals surface area contributed by atoms with Crippen LogP contribution in [0.15, 0.2) is 62.8 Å². The molecule has 1 saturated heterocycles. The average molecular weight is 545 g/mol. The van der Waals surface area contributed by atoms with Crippen LogP contribution in [0, 0.1) is 0 Å². The van der Waals surface area contributed by atoms with Gasteiger partial charge in [0.15, 0.2) is 6.23 Å². The normalized spacial score (nSPS) is 23.7. The van der Waals surface area contributed by atoms with Gasteiger partial charge in [-0.3, -0.25) is 18.5 Å². The van der Waals surface area contributed by atoms with Crippen LogP contribution in [0.5, 0.6) is 0 Å². The topological polar surface area (TPSA) is 216 Å². The van der Waals surface area contributed by atoms with Gasteiger partial charge in [-0.15, -0.1) is 0 Å². The summed E-state index contributed by atoms with van der Waals surface area (Å²) < 4.78 is 32.9. The molecule has 1 aliphatic heterocycles. The van der Waals surface area contributed by atoms with Gasteiger partial charge in [-0.05, 0) is 12.1 Å². The van der Waals surface area contributed by atoms with Gasteiger partial charge in [-0.2, -0.15) is 0 Å². The number of benzene rings is 1. The fraction of sp³-hybridized carbons (Fsp3) is 0.316. The lowest BCUT2D eigenvalue weighted by Crippen LogP contribution is -2.43. The van der Waals surface area contributed by atoms with Crippen molar-refractivity contribution in [1.82, 2.24) is 14.1 Å². The number of aliphatic hydroxyl groups excluding tert-OH is 2. The third kappa shape index (κ3) is 5.88. The summed E-state index contributed by atoms with van der Waals surface area (Å²) in [5, 5.41) is 20.7. The molecule has 1 aliphatic rings. The van der Waals surface area contributed by atoms with Crippen molar-refractivity contribution in [2.75, 3.05) is 6.61 Å². The van der Waals surface area contributed by atoms with Crippen molar-refractivity contribution >= 4 is 16.4 Å². The average Bonchev–Trinajstić information content (AvgIpc) is 3.40. The van der Waals surface area contributed by atoms with Gasteiger partial charge in [-0.1, -0.05) is 18.2 Å². The number of phosphoric ester groups is 1. The molecule has 17 heteroatoms. The van der Waals surface area contributed by atoms with Gasteiger partial charge >= 0.3 is 22.1 Å². The van der Waals surface area contributed by atoms with Crippen LogP contribution in [0.4, 0.5) is 0 Å². The summed E-state index contributed by atoms with van der Waals surface area (Å²) in [4.78, 5) is 56.4. The van der Waals surface area contributed by atoms with Gasteiger partial charge in [0.25, 0.3) is 5.56 Å². The van der Waals surface area contributed by atoms with Crippen molar-refractivity contribution in [3.05, 3.63) is 75.4 Å². The van der Waals surface area contributed by atoms with Crippen LogP contribution in [0.2, 0.25) is 0 Å². The Kier molecular flexibility index (Phi) is 7.97. The predicted octanol–water partition coefficient (Wildman–Crippen LogP) is -0.322. The van der Waals surface area contributed by atoms with Gasteiger partial charge in [0.1, 0.15) is 24.1 Å². The predicted molar refractivity (Wildman–Crippen MR) is 120 cm³/mol. The minimum atomic E-state index is -4.90. The molecule has 194 valence electrons. The molecule has 5 N–H and O–H groups in total. The minimum absolute atomic E-state index is 0.205. The Labute approximate surface area is 203 Å². The van der Waals surface area contributed by atoms with Crippen molar-refractivity contribution in [3.8, 4) is 11.5 Å². The van der Waals surface area contributed by atoms with E-state index in [-0.39, 0.29) is 18.2 Å². The standard InChI is InChI=1S/C19H21N3O12P2/c23-14-6-7-21(18-16(25)15(24)13(33-18)10-31-36(29,30)34-35(27)28)19(26)22(14)9-12-8-20-17(32-12)11-4-2-1-3-5-11/h1-8,13,15-16,18,24-25,27-28H,9-10H2,(H,29,30). The van der Waals surface area contributed by atoms with Crippen LogP contribution >= 0.6 is 16.4 Å². The van der Waals surface area contributed by atoms with E-state index in [4.69, 9.17) is 18.9 Å². The Balaban J connectivity index is 1.52. The molecule has 0 radical (unpaired) electrons. The number of aromatic nitrogens is 3. The molecule has 0 amide bonds. The molecule has 5 atom stereocenters. The highest BCUT2D eigenvalue weighted by molar-refractivity contribution is 7.57. The highest BCUT2D eigenvalue weighted by Crippen LogP contribution is 2.53. The minimum Gasteiger partial charge on any atom is -0.439 e. The SMILES string of the molecule is O=c1ccn(C2OC(COP(=O)(O)OP(O)O)C(O)C2O)c(=O)n1Cc1cnc(-c2ccccc2)o1. The summed E-state index contributed by atoms with van der Waals surface area (Å²) in [7, 11) is -8.10. The fourth-order valence-corrected chi connectivity index (χ4v) is 4.76. The third-order valence-corrected chi connectivity index (χ3v) is 7.06. The Bertz CT molecular complexity index is 1360. The number of hydrogen-bond donors (Lipinski definition) is 5. The zero-order valence-electron chi connectivity index (χ0n) is 18.2. The zero-order chi connectivity index (χ0) is 26.0. The molecule has 2 aromatic heterocycles. The molecule has 4 rings (SSSR count). The maximum absolute atomic E-state index is 13.1. The largest absolute Gasteiger partial charge is 0.479 e. The number of rotatable bonds is 9.